The maximum Gasteiger partial charge on any atom is 0.257 e. The minimum atomic E-state index is -0.266. The van der Waals surface area contributed by atoms with Gasteiger partial charge in [0.1, 0.15) is 5.78 Å². The van der Waals surface area contributed by atoms with Gasteiger partial charge >= 0.3 is 0 Å². The Labute approximate surface area is 143 Å². The average Bonchev–Trinajstić information content (AvgIpc) is 2.57. The zero-order valence-electron chi connectivity index (χ0n) is 14.0. The molecule has 1 aliphatic rings. The van der Waals surface area contributed by atoms with Crippen molar-refractivity contribution in [3.8, 4) is 0 Å². The zero-order chi connectivity index (χ0) is 17.2. The number of hydrogen-bond donors (Lipinski definition) is 1. The van der Waals surface area contributed by atoms with Gasteiger partial charge in [-0.25, -0.2) is 0 Å². The van der Waals surface area contributed by atoms with Gasteiger partial charge in [0.05, 0.1) is 10.6 Å². The largest absolute Gasteiger partial charge is 0.322 e. The van der Waals surface area contributed by atoms with Crippen molar-refractivity contribution in [2.75, 3.05) is 0 Å². The summed E-state index contributed by atoms with van der Waals surface area (Å²) < 4.78 is 0. The Balaban J connectivity index is 0.00000127. The predicted molar refractivity (Wildman–Crippen MR) is 95.7 cm³/mol. The van der Waals surface area contributed by atoms with E-state index < -0.39 is 0 Å². The molecule has 0 aliphatic heterocycles. The lowest BCUT2D eigenvalue weighted by Gasteiger charge is -2.13. The third-order valence-electron chi connectivity index (χ3n) is 3.36. The molecular formula is C19H24ClNO2. The predicted octanol–water partition coefficient (Wildman–Crippen LogP) is 4.85. The molecule has 1 amide bonds. The molecule has 1 aromatic rings. The van der Waals surface area contributed by atoms with Crippen molar-refractivity contribution in [1.29, 1.82) is 0 Å². The lowest BCUT2D eigenvalue weighted by Crippen LogP contribution is -2.24. The molecule has 0 atom stereocenters. The van der Waals surface area contributed by atoms with Crippen molar-refractivity contribution in [3.63, 3.8) is 0 Å². The van der Waals surface area contributed by atoms with Gasteiger partial charge in [-0.1, -0.05) is 56.7 Å². The normalized spacial score (nSPS) is 12.8. The van der Waals surface area contributed by atoms with Crippen molar-refractivity contribution in [2.45, 2.75) is 46.5 Å². The number of halogens is 1. The molecule has 2 rings (SSSR count). The number of carbonyl (C=O) groups is 2. The molecule has 4 heteroatoms. The SMILES string of the molecule is CC.CCC(=O)Cc1cccc(Cl)c1C(=O)NC1=CCCC=C1. The minimum Gasteiger partial charge on any atom is -0.322 e. The number of ketones is 1. The van der Waals surface area contributed by atoms with Crippen LogP contribution in [-0.2, 0) is 11.2 Å². The maximum absolute atomic E-state index is 12.4. The third kappa shape index (κ3) is 5.68. The fourth-order valence-electron chi connectivity index (χ4n) is 2.21. The van der Waals surface area contributed by atoms with Gasteiger partial charge in [0.2, 0.25) is 0 Å². The van der Waals surface area contributed by atoms with Gasteiger partial charge < -0.3 is 5.32 Å². The van der Waals surface area contributed by atoms with E-state index in [1.54, 1.807) is 18.2 Å². The second-order valence-corrected chi connectivity index (χ2v) is 5.34. The topological polar surface area (TPSA) is 46.2 Å². The van der Waals surface area contributed by atoms with Crippen LogP contribution in [0.3, 0.4) is 0 Å². The Morgan fingerprint density at radius 1 is 1.22 bits per heavy atom. The molecule has 0 aromatic heterocycles. The van der Waals surface area contributed by atoms with Crippen molar-refractivity contribution >= 4 is 23.3 Å². The zero-order valence-corrected chi connectivity index (χ0v) is 14.7. The van der Waals surface area contributed by atoms with E-state index in [4.69, 9.17) is 11.6 Å². The first-order chi connectivity index (χ1) is 11.1. The van der Waals surface area contributed by atoms with E-state index in [0.29, 0.717) is 22.6 Å². The number of benzene rings is 1. The van der Waals surface area contributed by atoms with E-state index in [-0.39, 0.29) is 18.1 Å². The van der Waals surface area contributed by atoms with Crippen molar-refractivity contribution in [3.05, 3.63) is 58.3 Å². The summed E-state index contributed by atoms with van der Waals surface area (Å²) in [5, 5.41) is 3.22. The van der Waals surface area contributed by atoms with Crippen molar-refractivity contribution in [2.24, 2.45) is 0 Å². The number of Topliss-reactive ketones (excluding diaryl/α,β-unsaturated/α-hetero) is 1. The molecule has 124 valence electrons. The number of carbonyl (C=O) groups excluding carboxylic acids is 2. The van der Waals surface area contributed by atoms with E-state index in [2.05, 4.69) is 5.32 Å². The summed E-state index contributed by atoms with van der Waals surface area (Å²) in [5.74, 6) is -0.180. The average molecular weight is 334 g/mol. The van der Waals surface area contributed by atoms with Gasteiger partial charge in [0, 0.05) is 18.5 Å². The lowest BCUT2D eigenvalue weighted by molar-refractivity contribution is -0.118. The summed E-state index contributed by atoms with van der Waals surface area (Å²) in [6.45, 7) is 5.81. The van der Waals surface area contributed by atoms with Crippen LogP contribution in [0.2, 0.25) is 5.02 Å². The molecule has 0 radical (unpaired) electrons. The van der Waals surface area contributed by atoms with E-state index in [9.17, 15) is 9.59 Å². The van der Waals surface area contributed by atoms with Crippen molar-refractivity contribution in [1.82, 2.24) is 5.32 Å². The van der Waals surface area contributed by atoms with Crippen LogP contribution in [-0.4, -0.2) is 11.7 Å². The molecule has 1 aromatic carbocycles. The fraction of sp³-hybridized carbons (Fsp3) is 0.368. The van der Waals surface area contributed by atoms with Gasteiger partial charge in [-0.3, -0.25) is 9.59 Å². The highest BCUT2D eigenvalue weighted by molar-refractivity contribution is 6.34. The van der Waals surface area contributed by atoms with Crippen LogP contribution < -0.4 is 5.32 Å². The number of rotatable bonds is 5. The molecule has 0 fully saturated rings. The summed E-state index contributed by atoms with van der Waals surface area (Å²) in [4.78, 5) is 24.1. The highest BCUT2D eigenvalue weighted by Gasteiger charge is 2.17. The summed E-state index contributed by atoms with van der Waals surface area (Å²) >= 11 is 6.16. The van der Waals surface area contributed by atoms with E-state index >= 15 is 0 Å². The molecule has 1 aliphatic carbocycles. The fourth-order valence-corrected chi connectivity index (χ4v) is 2.49. The first-order valence-corrected chi connectivity index (χ1v) is 8.46. The number of hydrogen-bond acceptors (Lipinski definition) is 2. The van der Waals surface area contributed by atoms with Crippen LogP contribution >= 0.6 is 11.6 Å². The van der Waals surface area contributed by atoms with Crippen LogP contribution in [0, 0.1) is 0 Å². The third-order valence-corrected chi connectivity index (χ3v) is 3.68. The van der Waals surface area contributed by atoms with Crippen LogP contribution in [0.15, 0.2) is 42.1 Å². The van der Waals surface area contributed by atoms with Gasteiger partial charge in [-0.2, -0.15) is 0 Å². The quantitative estimate of drug-likeness (QED) is 0.837. The molecule has 23 heavy (non-hydrogen) atoms. The Hall–Kier alpha value is -1.87. The Morgan fingerprint density at radius 2 is 1.96 bits per heavy atom. The van der Waals surface area contributed by atoms with Gasteiger partial charge in [0.15, 0.2) is 0 Å². The first-order valence-electron chi connectivity index (χ1n) is 8.09. The smallest absolute Gasteiger partial charge is 0.257 e. The van der Waals surface area contributed by atoms with E-state index in [0.717, 1.165) is 18.5 Å². The maximum atomic E-state index is 12.4. The van der Waals surface area contributed by atoms with Gasteiger partial charge in [-0.05, 0) is 30.5 Å². The van der Waals surface area contributed by atoms with Crippen molar-refractivity contribution < 1.29 is 9.59 Å². The highest BCUT2D eigenvalue weighted by Crippen LogP contribution is 2.22. The monoisotopic (exact) mass is 333 g/mol. The number of amides is 1. The van der Waals surface area contributed by atoms with Crippen LogP contribution in [0.5, 0.6) is 0 Å². The molecule has 0 heterocycles. The molecule has 0 bridgehead atoms. The Morgan fingerprint density at radius 3 is 2.57 bits per heavy atom. The Bertz CT molecular complexity index is 618. The number of nitrogens with one attached hydrogen (secondary N) is 1. The number of allylic oxidation sites excluding steroid dienone is 3. The summed E-state index contributed by atoms with van der Waals surface area (Å²) in [6.07, 6.45) is 8.46. The summed E-state index contributed by atoms with van der Waals surface area (Å²) in [7, 11) is 0. The second kappa shape index (κ2) is 10.0. The second-order valence-electron chi connectivity index (χ2n) is 4.94. The Kier molecular flexibility index (Phi) is 8.35. The van der Waals surface area contributed by atoms with Crippen LogP contribution in [0.4, 0.5) is 0 Å². The highest BCUT2D eigenvalue weighted by atomic mass is 35.5. The van der Waals surface area contributed by atoms with Gasteiger partial charge in [0.25, 0.3) is 5.91 Å². The van der Waals surface area contributed by atoms with Crippen LogP contribution in [0.1, 0.15) is 56.0 Å². The summed E-state index contributed by atoms with van der Waals surface area (Å²) in [6, 6.07) is 5.21. The lowest BCUT2D eigenvalue weighted by atomic mass is 10.0. The molecule has 0 saturated carbocycles. The molecular weight excluding hydrogens is 310 g/mol. The standard InChI is InChI=1S/C17H18ClNO2.C2H6/c1-2-14(20)11-12-7-6-10-15(18)16(12)17(21)19-13-8-4-3-5-9-13;1-2/h4,6-10H,2-3,5,11H2,1H3,(H,19,21);1-2H3. The summed E-state index contributed by atoms with van der Waals surface area (Å²) in [5.41, 5.74) is 1.84. The molecule has 3 nitrogen and oxygen atoms in total. The van der Waals surface area contributed by atoms with E-state index in [1.165, 1.54) is 0 Å². The molecule has 0 saturated heterocycles. The van der Waals surface area contributed by atoms with E-state index in [1.807, 2.05) is 39.0 Å². The first kappa shape index (κ1) is 19.2. The van der Waals surface area contributed by atoms with Gasteiger partial charge in [-0.15, -0.1) is 0 Å². The minimum absolute atomic E-state index is 0.0862. The van der Waals surface area contributed by atoms with Crippen LogP contribution in [0.25, 0.3) is 0 Å². The molecule has 0 unspecified atom stereocenters. The molecule has 0 spiro atoms. The molecule has 1 N–H and O–H groups in total.